The van der Waals surface area contributed by atoms with E-state index in [0.29, 0.717) is 18.8 Å². The molecule has 1 N–H and O–H groups in total. The molecule has 1 aliphatic rings. The molecule has 0 radical (unpaired) electrons. The average Bonchev–Trinajstić information content (AvgIpc) is 2.96. The van der Waals surface area contributed by atoms with E-state index in [0.717, 1.165) is 15.0 Å². The van der Waals surface area contributed by atoms with E-state index in [1.807, 2.05) is 29.6 Å². The first-order valence-corrected chi connectivity index (χ1v) is 7.14. The van der Waals surface area contributed by atoms with Gasteiger partial charge in [-0.1, -0.05) is 6.07 Å². The maximum Gasteiger partial charge on any atom is 0.256 e. The van der Waals surface area contributed by atoms with Crippen molar-refractivity contribution in [2.24, 2.45) is 0 Å². The molecule has 92 valence electrons. The van der Waals surface area contributed by atoms with Crippen LogP contribution in [0.3, 0.4) is 0 Å². The third kappa shape index (κ3) is 2.34. The van der Waals surface area contributed by atoms with Crippen LogP contribution in [0.4, 0.5) is 5.69 Å². The molecular formula is C13H10BrNO2S. The summed E-state index contributed by atoms with van der Waals surface area (Å²) >= 11 is 4.85. The van der Waals surface area contributed by atoms with Crippen LogP contribution in [0.5, 0.6) is 0 Å². The number of hydrogen-bond donors (Lipinski definition) is 1. The summed E-state index contributed by atoms with van der Waals surface area (Å²) in [6.07, 6.45) is 0. The predicted molar refractivity (Wildman–Crippen MR) is 74.9 cm³/mol. The maximum absolute atomic E-state index is 12.0. The van der Waals surface area contributed by atoms with Crippen LogP contribution in [-0.4, -0.2) is 5.91 Å². The van der Waals surface area contributed by atoms with Gasteiger partial charge in [0, 0.05) is 11.1 Å². The molecule has 1 aromatic heterocycles. The number of benzene rings is 1. The molecule has 5 heteroatoms. The SMILES string of the molecule is O=C(Nc1ccc2c(c1)COC2)c1csc(Br)c1. The molecule has 2 heterocycles. The Labute approximate surface area is 117 Å². The molecule has 0 atom stereocenters. The van der Waals surface area contributed by atoms with Crippen molar-refractivity contribution in [1.82, 2.24) is 0 Å². The van der Waals surface area contributed by atoms with Crippen molar-refractivity contribution in [3.8, 4) is 0 Å². The van der Waals surface area contributed by atoms with Crippen molar-refractivity contribution in [1.29, 1.82) is 0 Å². The van der Waals surface area contributed by atoms with Crippen LogP contribution in [0.15, 0.2) is 33.4 Å². The fourth-order valence-electron chi connectivity index (χ4n) is 1.88. The van der Waals surface area contributed by atoms with Gasteiger partial charge in [0.05, 0.1) is 22.6 Å². The molecule has 1 aromatic carbocycles. The number of carbonyl (C=O) groups excluding carboxylic acids is 1. The summed E-state index contributed by atoms with van der Waals surface area (Å²) < 4.78 is 6.30. The molecule has 0 fully saturated rings. The van der Waals surface area contributed by atoms with E-state index in [9.17, 15) is 4.79 Å². The Bertz CT molecular complexity index is 609. The van der Waals surface area contributed by atoms with Gasteiger partial charge in [-0.15, -0.1) is 11.3 Å². The Morgan fingerprint density at radius 2 is 2.11 bits per heavy atom. The number of hydrogen-bond acceptors (Lipinski definition) is 3. The summed E-state index contributed by atoms with van der Waals surface area (Å²) in [5, 5.41) is 4.72. The molecule has 3 rings (SSSR count). The van der Waals surface area contributed by atoms with Gasteiger partial charge in [0.25, 0.3) is 5.91 Å². The molecule has 0 saturated carbocycles. The Kier molecular flexibility index (Phi) is 3.20. The van der Waals surface area contributed by atoms with E-state index in [1.165, 1.54) is 16.9 Å². The second kappa shape index (κ2) is 4.84. The smallest absolute Gasteiger partial charge is 0.256 e. The third-order valence-electron chi connectivity index (χ3n) is 2.81. The normalized spacial score (nSPS) is 13.4. The molecule has 0 aliphatic carbocycles. The molecule has 0 bridgehead atoms. The largest absolute Gasteiger partial charge is 0.372 e. The summed E-state index contributed by atoms with van der Waals surface area (Å²) in [6, 6.07) is 7.70. The van der Waals surface area contributed by atoms with Crippen molar-refractivity contribution >= 4 is 38.9 Å². The highest BCUT2D eigenvalue weighted by Gasteiger charge is 2.13. The second-order valence-electron chi connectivity index (χ2n) is 4.07. The highest BCUT2D eigenvalue weighted by atomic mass is 79.9. The molecule has 1 amide bonds. The third-order valence-corrected chi connectivity index (χ3v) is 4.31. The summed E-state index contributed by atoms with van der Waals surface area (Å²) in [5.74, 6) is -0.0872. The fourth-order valence-corrected chi connectivity index (χ4v) is 3.02. The number of amides is 1. The van der Waals surface area contributed by atoms with Crippen molar-refractivity contribution in [3.63, 3.8) is 0 Å². The minimum atomic E-state index is -0.0872. The number of rotatable bonds is 2. The van der Waals surface area contributed by atoms with Gasteiger partial charge in [0.15, 0.2) is 0 Å². The Morgan fingerprint density at radius 3 is 2.89 bits per heavy atom. The molecule has 0 saturated heterocycles. The van der Waals surface area contributed by atoms with E-state index in [1.54, 1.807) is 0 Å². The second-order valence-corrected chi connectivity index (χ2v) is 6.36. The van der Waals surface area contributed by atoms with Crippen molar-refractivity contribution in [2.75, 3.05) is 5.32 Å². The van der Waals surface area contributed by atoms with Gasteiger partial charge >= 0.3 is 0 Å². The van der Waals surface area contributed by atoms with Gasteiger partial charge in [-0.3, -0.25) is 4.79 Å². The summed E-state index contributed by atoms with van der Waals surface area (Å²) in [4.78, 5) is 12.0. The van der Waals surface area contributed by atoms with Crippen molar-refractivity contribution < 1.29 is 9.53 Å². The van der Waals surface area contributed by atoms with Crippen LogP contribution >= 0.6 is 27.3 Å². The lowest BCUT2D eigenvalue weighted by Crippen LogP contribution is -2.10. The van der Waals surface area contributed by atoms with Crippen LogP contribution < -0.4 is 5.32 Å². The zero-order valence-corrected chi connectivity index (χ0v) is 11.8. The first kappa shape index (κ1) is 11.9. The Balaban J connectivity index is 1.78. The van der Waals surface area contributed by atoms with Crippen LogP contribution in [0.25, 0.3) is 0 Å². The average molecular weight is 324 g/mol. The minimum absolute atomic E-state index is 0.0872. The van der Waals surface area contributed by atoms with Crippen LogP contribution in [-0.2, 0) is 18.0 Å². The number of ether oxygens (including phenoxy) is 1. The maximum atomic E-state index is 12.0. The van der Waals surface area contributed by atoms with Crippen LogP contribution in [0.1, 0.15) is 21.5 Å². The molecule has 3 nitrogen and oxygen atoms in total. The van der Waals surface area contributed by atoms with Gasteiger partial charge in [0.2, 0.25) is 0 Å². The highest BCUT2D eigenvalue weighted by molar-refractivity contribution is 9.11. The first-order valence-electron chi connectivity index (χ1n) is 5.47. The molecular weight excluding hydrogens is 314 g/mol. The number of carbonyl (C=O) groups is 1. The predicted octanol–water partition coefficient (Wildman–Crippen LogP) is 3.79. The monoisotopic (exact) mass is 323 g/mol. The lowest BCUT2D eigenvalue weighted by molar-refractivity contribution is 0.102. The van der Waals surface area contributed by atoms with E-state index in [-0.39, 0.29) is 5.91 Å². The Morgan fingerprint density at radius 1 is 1.28 bits per heavy atom. The number of nitrogens with one attached hydrogen (secondary N) is 1. The van der Waals surface area contributed by atoms with Crippen molar-refractivity contribution in [2.45, 2.75) is 13.2 Å². The van der Waals surface area contributed by atoms with Gasteiger partial charge in [-0.25, -0.2) is 0 Å². The quantitative estimate of drug-likeness (QED) is 0.913. The molecule has 0 unspecified atom stereocenters. The standard InChI is InChI=1S/C13H10BrNO2S/c14-12-4-10(7-18-12)13(16)15-11-2-1-8-5-17-6-9(8)3-11/h1-4,7H,5-6H2,(H,15,16). The lowest BCUT2D eigenvalue weighted by Gasteiger charge is -2.05. The molecule has 2 aromatic rings. The van der Waals surface area contributed by atoms with Gasteiger partial charge in [-0.05, 0) is 45.3 Å². The van der Waals surface area contributed by atoms with Gasteiger partial charge in [0.1, 0.15) is 0 Å². The van der Waals surface area contributed by atoms with Crippen LogP contribution in [0.2, 0.25) is 0 Å². The number of thiophene rings is 1. The molecule has 1 aliphatic heterocycles. The lowest BCUT2D eigenvalue weighted by atomic mass is 10.1. The van der Waals surface area contributed by atoms with E-state index < -0.39 is 0 Å². The molecule has 18 heavy (non-hydrogen) atoms. The molecule has 0 spiro atoms. The number of anilines is 1. The zero-order valence-electron chi connectivity index (χ0n) is 9.40. The highest BCUT2D eigenvalue weighted by Crippen LogP contribution is 2.25. The topological polar surface area (TPSA) is 38.3 Å². The van der Waals surface area contributed by atoms with E-state index in [2.05, 4.69) is 21.2 Å². The van der Waals surface area contributed by atoms with Gasteiger partial charge < -0.3 is 10.1 Å². The summed E-state index contributed by atoms with van der Waals surface area (Å²) in [5.41, 5.74) is 3.83. The van der Waals surface area contributed by atoms with Crippen molar-refractivity contribution in [3.05, 3.63) is 50.1 Å². The first-order chi connectivity index (χ1) is 8.72. The fraction of sp³-hybridized carbons (Fsp3) is 0.154. The zero-order chi connectivity index (χ0) is 12.5. The van der Waals surface area contributed by atoms with E-state index >= 15 is 0 Å². The number of halogens is 1. The Hall–Kier alpha value is -1.17. The number of fused-ring (bicyclic) bond motifs is 1. The van der Waals surface area contributed by atoms with Gasteiger partial charge in [-0.2, -0.15) is 0 Å². The van der Waals surface area contributed by atoms with E-state index in [4.69, 9.17) is 4.74 Å². The minimum Gasteiger partial charge on any atom is -0.372 e. The van der Waals surface area contributed by atoms with Crippen LogP contribution in [0, 0.1) is 0 Å². The summed E-state index contributed by atoms with van der Waals surface area (Å²) in [6.45, 7) is 1.30. The summed E-state index contributed by atoms with van der Waals surface area (Å²) in [7, 11) is 0.